The van der Waals surface area contributed by atoms with Crippen LogP contribution in [0.25, 0.3) is 11.0 Å². The summed E-state index contributed by atoms with van der Waals surface area (Å²) >= 11 is 0. The largest absolute Gasteiger partial charge is 0.395 e. The molecule has 0 radical (unpaired) electrons. The molecule has 2 aromatic heterocycles. The van der Waals surface area contributed by atoms with Gasteiger partial charge in [0.1, 0.15) is 17.6 Å². The van der Waals surface area contributed by atoms with Gasteiger partial charge in [0.05, 0.1) is 12.4 Å². The van der Waals surface area contributed by atoms with Crippen molar-refractivity contribution in [1.29, 1.82) is 0 Å². The number of imidazole rings is 1. The molecule has 1 fully saturated rings. The fraction of sp³-hybridized carbons (Fsp3) is 0.471. The minimum absolute atomic E-state index is 0.345. The highest BCUT2D eigenvalue weighted by Crippen LogP contribution is 2.32. The standard InChI is InChI=1S/C17H19N5O.HNO3/c1-2-14-9-18-11-21(14)16(3-1)13-6-7-15-17(8-13)22(20-19-15)23-10-12-4-5-12;2-1(3)4/h6-9,11-12,16H,1-5,10H2;(H,2,3,4). The van der Waals surface area contributed by atoms with Crippen molar-refractivity contribution < 1.29 is 15.1 Å². The van der Waals surface area contributed by atoms with Crippen molar-refractivity contribution in [2.45, 2.75) is 38.1 Å². The Kier molecular flexibility index (Phi) is 4.61. The molecule has 1 unspecified atom stereocenters. The van der Waals surface area contributed by atoms with Gasteiger partial charge < -0.3 is 14.6 Å². The van der Waals surface area contributed by atoms with Crippen molar-refractivity contribution in [3.8, 4) is 0 Å². The second-order valence-corrected chi connectivity index (χ2v) is 6.89. The highest BCUT2D eigenvalue weighted by molar-refractivity contribution is 5.74. The molecule has 1 N–H and O–H groups in total. The van der Waals surface area contributed by atoms with Crippen LogP contribution >= 0.6 is 0 Å². The van der Waals surface area contributed by atoms with Crippen LogP contribution in [0.1, 0.15) is 43.0 Å². The van der Waals surface area contributed by atoms with Crippen molar-refractivity contribution in [3.63, 3.8) is 0 Å². The fourth-order valence-electron chi connectivity index (χ4n) is 3.43. The summed E-state index contributed by atoms with van der Waals surface area (Å²) in [6.45, 7) is 0.734. The smallest absolute Gasteiger partial charge is 0.291 e. The molecule has 1 atom stereocenters. The lowest BCUT2D eigenvalue weighted by Crippen LogP contribution is -2.18. The Balaban J connectivity index is 0.000000413. The van der Waals surface area contributed by atoms with Crippen LogP contribution < -0.4 is 4.84 Å². The lowest BCUT2D eigenvalue weighted by Gasteiger charge is -2.25. The van der Waals surface area contributed by atoms with E-state index in [0.717, 1.165) is 30.5 Å². The topological polar surface area (TPSA) is 121 Å². The van der Waals surface area contributed by atoms with Gasteiger partial charge in [0.15, 0.2) is 0 Å². The van der Waals surface area contributed by atoms with E-state index in [1.165, 1.54) is 30.5 Å². The summed E-state index contributed by atoms with van der Waals surface area (Å²) in [5, 5.41) is 22.0. The van der Waals surface area contributed by atoms with Crippen molar-refractivity contribution in [2.24, 2.45) is 5.92 Å². The fourth-order valence-corrected chi connectivity index (χ4v) is 3.43. The van der Waals surface area contributed by atoms with Crippen LogP contribution in [0.3, 0.4) is 0 Å². The molecule has 27 heavy (non-hydrogen) atoms. The quantitative estimate of drug-likeness (QED) is 0.549. The summed E-state index contributed by atoms with van der Waals surface area (Å²) < 4.78 is 2.30. The van der Waals surface area contributed by atoms with Crippen molar-refractivity contribution in [2.75, 3.05) is 6.61 Å². The van der Waals surface area contributed by atoms with Gasteiger partial charge in [0, 0.05) is 11.9 Å². The number of hydrogen-bond acceptors (Lipinski definition) is 6. The zero-order valence-corrected chi connectivity index (χ0v) is 14.6. The van der Waals surface area contributed by atoms with Gasteiger partial charge in [-0.1, -0.05) is 10.9 Å². The van der Waals surface area contributed by atoms with E-state index in [-0.39, 0.29) is 0 Å². The molecule has 2 aliphatic rings. The molecule has 10 heteroatoms. The molecule has 0 saturated heterocycles. The van der Waals surface area contributed by atoms with E-state index in [4.69, 9.17) is 20.2 Å². The minimum Gasteiger partial charge on any atom is -0.395 e. The van der Waals surface area contributed by atoms with E-state index in [9.17, 15) is 0 Å². The van der Waals surface area contributed by atoms with Crippen molar-refractivity contribution in [1.82, 2.24) is 24.7 Å². The summed E-state index contributed by atoms with van der Waals surface area (Å²) in [6.07, 6.45) is 9.91. The normalized spacial score (nSPS) is 18.4. The molecule has 5 rings (SSSR count). The molecule has 1 saturated carbocycles. The Morgan fingerprint density at radius 3 is 2.93 bits per heavy atom. The lowest BCUT2D eigenvalue weighted by molar-refractivity contribution is -0.742. The Morgan fingerprint density at radius 2 is 2.15 bits per heavy atom. The van der Waals surface area contributed by atoms with E-state index in [0.29, 0.717) is 12.0 Å². The zero-order valence-electron chi connectivity index (χ0n) is 14.6. The Bertz CT molecular complexity index is 944. The third-order valence-corrected chi connectivity index (χ3v) is 4.95. The van der Waals surface area contributed by atoms with E-state index in [1.54, 1.807) is 4.85 Å². The van der Waals surface area contributed by atoms with Gasteiger partial charge in [0.2, 0.25) is 0 Å². The zero-order chi connectivity index (χ0) is 18.8. The molecule has 0 amide bonds. The van der Waals surface area contributed by atoms with Crippen LogP contribution in [-0.4, -0.2) is 41.6 Å². The number of benzene rings is 1. The second-order valence-electron chi connectivity index (χ2n) is 6.89. The van der Waals surface area contributed by atoms with Gasteiger partial charge in [-0.2, -0.15) is 0 Å². The summed E-state index contributed by atoms with van der Waals surface area (Å²) in [4.78, 5) is 20.1. The maximum Gasteiger partial charge on any atom is 0.291 e. The van der Waals surface area contributed by atoms with E-state index in [2.05, 4.69) is 32.0 Å². The average Bonchev–Trinajstić information content (AvgIpc) is 3.20. The summed E-state index contributed by atoms with van der Waals surface area (Å²) in [5.74, 6) is 0.698. The van der Waals surface area contributed by atoms with Crippen LogP contribution in [0, 0.1) is 16.0 Å². The van der Waals surface area contributed by atoms with Crippen LogP contribution in [0.15, 0.2) is 30.7 Å². The predicted molar refractivity (Wildman–Crippen MR) is 93.8 cm³/mol. The maximum atomic E-state index is 8.36. The average molecular weight is 372 g/mol. The first-order valence-electron chi connectivity index (χ1n) is 8.94. The van der Waals surface area contributed by atoms with Gasteiger partial charge in [-0.15, -0.1) is 15.2 Å². The summed E-state index contributed by atoms with van der Waals surface area (Å²) in [6, 6.07) is 6.71. The third-order valence-electron chi connectivity index (χ3n) is 4.95. The Morgan fingerprint density at radius 1 is 1.33 bits per heavy atom. The van der Waals surface area contributed by atoms with Gasteiger partial charge in [-0.05, 0) is 60.9 Å². The first kappa shape index (κ1) is 17.3. The first-order chi connectivity index (χ1) is 13.1. The van der Waals surface area contributed by atoms with E-state index in [1.807, 2.05) is 18.6 Å². The lowest BCUT2D eigenvalue weighted by atomic mass is 9.96. The first-order valence-corrected chi connectivity index (χ1v) is 8.94. The van der Waals surface area contributed by atoms with Crippen LogP contribution in [-0.2, 0) is 6.42 Å². The number of hydrogen-bond donors (Lipinski definition) is 1. The molecule has 1 aliphatic heterocycles. The molecule has 0 spiro atoms. The number of nitrogens with zero attached hydrogens (tertiary/aromatic N) is 6. The Labute approximate surface area is 154 Å². The van der Waals surface area contributed by atoms with E-state index >= 15 is 0 Å². The number of aromatic nitrogens is 5. The molecular formula is C17H20N6O4. The second kappa shape index (κ2) is 7.22. The highest BCUT2D eigenvalue weighted by atomic mass is 16.9. The number of rotatable bonds is 4. The highest BCUT2D eigenvalue weighted by Gasteiger charge is 2.24. The van der Waals surface area contributed by atoms with Crippen LogP contribution in [0.5, 0.6) is 0 Å². The van der Waals surface area contributed by atoms with Gasteiger partial charge in [-0.3, -0.25) is 0 Å². The number of aryl methyl sites for hydroxylation is 1. The molecule has 0 bridgehead atoms. The van der Waals surface area contributed by atoms with Gasteiger partial charge in [0.25, 0.3) is 5.09 Å². The molecule has 3 aromatic rings. The van der Waals surface area contributed by atoms with Crippen molar-refractivity contribution in [3.05, 3.63) is 52.1 Å². The molecule has 10 nitrogen and oxygen atoms in total. The molecule has 3 heterocycles. The third kappa shape index (κ3) is 3.83. The summed E-state index contributed by atoms with van der Waals surface area (Å²) in [7, 11) is 0. The van der Waals surface area contributed by atoms with Gasteiger partial charge in [-0.25, -0.2) is 4.98 Å². The monoisotopic (exact) mass is 372 g/mol. The van der Waals surface area contributed by atoms with Crippen LogP contribution in [0.4, 0.5) is 0 Å². The van der Waals surface area contributed by atoms with Crippen molar-refractivity contribution >= 4 is 11.0 Å². The molecule has 1 aromatic carbocycles. The predicted octanol–water partition coefficient (Wildman–Crippen LogP) is 2.04. The summed E-state index contributed by atoms with van der Waals surface area (Å²) in [5.41, 5.74) is 4.43. The SMILES string of the molecule is O=[N+]([O-])O.c1cc2nnn(OCC3CC3)c2cc1C1CCCc2cncn21. The molecule has 142 valence electrons. The van der Waals surface area contributed by atoms with E-state index < -0.39 is 5.09 Å². The Hall–Kier alpha value is -3.17. The number of fused-ring (bicyclic) bond motifs is 2. The maximum absolute atomic E-state index is 8.36. The van der Waals surface area contributed by atoms with Gasteiger partial charge >= 0.3 is 0 Å². The molecule has 1 aliphatic carbocycles. The molecular weight excluding hydrogens is 352 g/mol. The minimum atomic E-state index is -1.50. The van der Waals surface area contributed by atoms with Crippen LogP contribution in [0.2, 0.25) is 0 Å².